The fourth-order valence-electron chi connectivity index (χ4n) is 3.17. The molecule has 0 spiro atoms. The first-order valence-electron chi connectivity index (χ1n) is 8.85. The molecule has 0 bridgehead atoms. The quantitative estimate of drug-likeness (QED) is 0.778. The molecule has 0 atom stereocenters. The first-order chi connectivity index (χ1) is 13.0. The number of methoxy groups -OCH3 is 2. The number of hydrogen-bond acceptors (Lipinski definition) is 6. The molecule has 1 aliphatic carbocycles. The third-order valence-corrected chi connectivity index (χ3v) is 4.79. The number of amides is 1. The molecule has 0 unspecified atom stereocenters. The summed E-state index contributed by atoms with van der Waals surface area (Å²) in [6.45, 7) is 1.75. The van der Waals surface area contributed by atoms with Crippen molar-refractivity contribution in [2.24, 2.45) is 0 Å². The van der Waals surface area contributed by atoms with E-state index in [1.165, 1.54) is 7.11 Å². The molecule has 7 nitrogen and oxygen atoms in total. The van der Waals surface area contributed by atoms with Gasteiger partial charge < -0.3 is 20.1 Å². The Balaban J connectivity index is 1.85. The molecule has 0 saturated heterocycles. The third-order valence-electron chi connectivity index (χ3n) is 4.50. The van der Waals surface area contributed by atoms with Crippen LogP contribution in [0.5, 0.6) is 11.5 Å². The summed E-state index contributed by atoms with van der Waals surface area (Å²) in [6, 6.07) is 5.23. The summed E-state index contributed by atoms with van der Waals surface area (Å²) < 4.78 is 10.6. The van der Waals surface area contributed by atoms with Gasteiger partial charge in [-0.25, -0.2) is 9.97 Å². The van der Waals surface area contributed by atoms with E-state index in [0.29, 0.717) is 39.5 Å². The number of carbonyl (C=O) groups is 1. The zero-order valence-corrected chi connectivity index (χ0v) is 16.4. The lowest BCUT2D eigenvalue weighted by atomic mass is 10.2. The molecule has 1 heterocycles. The largest absolute Gasteiger partial charge is 0.495 e. The smallest absolute Gasteiger partial charge is 0.270 e. The fraction of sp³-hybridized carbons (Fsp3) is 0.421. The number of aromatic nitrogens is 2. The average molecular weight is 391 g/mol. The minimum Gasteiger partial charge on any atom is -0.495 e. The maximum absolute atomic E-state index is 12.5. The minimum absolute atomic E-state index is 0.184. The molecule has 0 radical (unpaired) electrons. The van der Waals surface area contributed by atoms with Crippen LogP contribution in [0.2, 0.25) is 5.02 Å². The molecular formula is C19H23ClN4O3. The summed E-state index contributed by atoms with van der Waals surface area (Å²) in [7, 11) is 3.09. The van der Waals surface area contributed by atoms with Crippen LogP contribution in [-0.2, 0) is 0 Å². The van der Waals surface area contributed by atoms with E-state index in [0.717, 1.165) is 25.7 Å². The van der Waals surface area contributed by atoms with Crippen LogP contribution in [-0.4, -0.2) is 36.1 Å². The van der Waals surface area contributed by atoms with Gasteiger partial charge in [0, 0.05) is 24.2 Å². The maximum Gasteiger partial charge on any atom is 0.270 e. The van der Waals surface area contributed by atoms with Crippen molar-refractivity contribution >= 4 is 29.0 Å². The van der Waals surface area contributed by atoms with Gasteiger partial charge >= 0.3 is 0 Å². The second kappa shape index (κ2) is 8.43. The van der Waals surface area contributed by atoms with Crippen LogP contribution in [0.25, 0.3) is 0 Å². The Morgan fingerprint density at radius 2 is 1.81 bits per heavy atom. The van der Waals surface area contributed by atoms with Crippen LogP contribution in [0.1, 0.15) is 42.0 Å². The monoisotopic (exact) mass is 390 g/mol. The van der Waals surface area contributed by atoms with E-state index in [4.69, 9.17) is 21.1 Å². The van der Waals surface area contributed by atoms with Gasteiger partial charge in [0.05, 0.1) is 24.9 Å². The van der Waals surface area contributed by atoms with Crippen molar-refractivity contribution in [2.75, 3.05) is 19.5 Å². The highest BCUT2D eigenvalue weighted by Gasteiger charge is 2.20. The van der Waals surface area contributed by atoms with Crippen LogP contribution in [0, 0.1) is 6.92 Å². The maximum atomic E-state index is 12.5. The molecule has 0 aliphatic heterocycles. The molecule has 1 fully saturated rings. The molecule has 144 valence electrons. The number of ether oxygens (including phenoxy) is 2. The molecule has 2 N–H and O–H groups in total. The Morgan fingerprint density at radius 3 is 2.48 bits per heavy atom. The van der Waals surface area contributed by atoms with Gasteiger partial charge in [-0.05, 0) is 19.8 Å². The lowest BCUT2D eigenvalue weighted by Crippen LogP contribution is -2.33. The van der Waals surface area contributed by atoms with Crippen molar-refractivity contribution in [3.8, 4) is 11.5 Å². The van der Waals surface area contributed by atoms with E-state index in [9.17, 15) is 4.79 Å². The lowest BCUT2D eigenvalue weighted by Gasteiger charge is -2.15. The van der Waals surface area contributed by atoms with Crippen LogP contribution in [0.3, 0.4) is 0 Å². The summed E-state index contributed by atoms with van der Waals surface area (Å²) >= 11 is 6.14. The van der Waals surface area contributed by atoms with Gasteiger partial charge in [0.1, 0.15) is 28.8 Å². The van der Waals surface area contributed by atoms with Gasteiger partial charge in [-0.2, -0.15) is 0 Å². The Hall–Kier alpha value is -2.54. The Morgan fingerprint density at radius 1 is 1.11 bits per heavy atom. The first kappa shape index (κ1) is 19.2. The first-order valence-corrected chi connectivity index (χ1v) is 9.23. The highest BCUT2D eigenvalue weighted by Crippen LogP contribution is 2.37. The second-order valence-corrected chi connectivity index (χ2v) is 6.86. The Labute approximate surface area is 163 Å². The van der Waals surface area contributed by atoms with Crippen LogP contribution in [0.15, 0.2) is 18.2 Å². The second-order valence-electron chi connectivity index (χ2n) is 6.45. The number of hydrogen-bond donors (Lipinski definition) is 2. The van der Waals surface area contributed by atoms with Crippen LogP contribution >= 0.6 is 11.6 Å². The fourth-order valence-corrected chi connectivity index (χ4v) is 3.40. The molecule has 8 heteroatoms. The SMILES string of the molecule is COc1cc(Nc2cc(C(=O)NC3CCCC3)nc(C)n2)c(OC)cc1Cl. The lowest BCUT2D eigenvalue weighted by molar-refractivity contribution is 0.0932. The Bertz CT molecular complexity index is 838. The molecule has 1 aromatic carbocycles. The number of rotatable bonds is 6. The van der Waals surface area contributed by atoms with Gasteiger partial charge in [-0.3, -0.25) is 4.79 Å². The minimum atomic E-state index is -0.184. The summed E-state index contributed by atoms with van der Waals surface area (Å²) in [5.74, 6) is 1.84. The number of halogens is 1. The molecule has 1 aromatic heterocycles. The summed E-state index contributed by atoms with van der Waals surface area (Å²) in [4.78, 5) is 21.2. The Kier molecular flexibility index (Phi) is 6.01. The summed E-state index contributed by atoms with van der Waals surface area (Å²) in [5, 5.41) is 6.64. The van der Waals surface area contributed by atoms with Crippen molar-refractivity contribution in [3.63, 3.8) is 0 Å². The van der Waals surface area contributed by atoms with E-state index >= 15 is 0 Å². The number of nitrogens with zero attached hydrogens (tertiary/aromatic N) is 2. The van der Waals surface area contributed by atoms with E-state index in [1.54, 1.807) is 32.2 Å². The summed E-state index contributed by atoms with van der Waals surface area (Å²) in [6.07, 6.45) is 4.34. The van der Waals surface area contributed by atoms with Crippen LogP contribution < -0.4 is 20.1 Å². The van der Waals surface area contributed by atoms with Crippen molar-refractivity contribution in [3.05, 3.63) is 34.7 Å². The van der Waals surface area contributed by atoms with Crippen molar-refractivity contribution in [2.45, 2.75) is 38.6 Å². The third kappa shape index (κ3) is 4.60. The molecule has 1 aliphatic rings. The highest BCUT2D eigenvalue weighted by atomic mass is 35.5. The number of aryl methyl sites for hydroxylation is 1. The standard InChI is InChI=1S/C19H23ClN4O3/c1-11-21-15(19(25)23-12-6-4-5-7-12)10-18(22-11)24-14-9-16(26-2)13(20)8-17(14)27-3/h8-10,12H,4-7H2,1-3H3,(H,23,25)(H,21,22,24). The highest BCUT2D eigenvalue weighted by molar-refractivity contribution is 6.32. The van der Waals surface area contributed by atoms with Crippen molar-refractivity contribution in [1.29, 1.82) is 0 Å². The number of benzene rings is 1. The van der Waals surface area contributed by atoms with Gasteiger partial charge in [0.2, 0.25) is 0 Å². The molecule has 1 amide bonds. The van der Waals surface area contributed by atoms with Crippen molar-refractivity contribution in [1.82, 2.24) is 15.3 Å². The number of carbonyl (C=O) groups excluding carboxylic acids is 1. The van der Waals surface area contributed by atoms with Gasteiger partial charge in [-0.1, -0.05) is 24.4 Å². The predicted molar refractivity (Wildman–Crippen MR) is 104 cm³/mol. The number of anilines is 2. The van der Waals surface area contributed by atoms with Gasteiger partial charge in [0.25, 0.3) is 5.91 Å². The topological polar surface area (TPSA) is 85.4 Å². The van der Waals surface area contributed by atoms with Crippen molar-refractivity contribution < 1.29 is 14.3 Å². The molecular weight excluding hydrogens is 368 g/mol. The van der Waals surface area contributed by atoms with Gasteiger partial charge in [0.15, 0.2) is 0 Å². The van der Waals surface area contributed by atoms with E-state index < -0.39 is 0 Å². The van der Waals surface area contributed by atoms with E-state index in [1.807, 2.05) is 0 Å². The van der Waals surface area contributed by atoms with Gasteiger partial charge in [-0.15, -0.1) is 0 Å². The van der Waals surface area contributed by atoms with Crippen LogP contribution in [0.4, 0.5) is 11.5 Å². The number of nitrogens with one attached hydrogen (secondary N) is 2. The normalized spacial score (nSPS) is 14.1. The molecule has 3 rings (SSSR count). The van der Waals surface area contributed by atoms with E-state index in [2.05, 4.69) is 20.6 Å². The molecule has 27 heavy (non-hydrogen) atoms. The zero-order chi connectivity index (χ0) is 19.4. The molecule has 1 saturated carbocycles. The predicted octanol–water partition coefficient (Wildman–Crippen LogP) is 3.87. The average Bonchev–Trinajstić information content (AvgIpc) is 3.15. The van der Waals surface area contributed by atoms with E-state index in [-0.39, 0.29) is 11.9 Å². The zero-order valence-electron chi connectivity index (χ0n) is 15.6. The summed E-state index contributed by atoms with van der Waals surface area (Å²) in [5.41, 5.74) is 0.954. The molecule has 2 aromatic rings.